The Kier molecular flexibility index (Phi) is 5.25. The third-order valence-corrected chi connectivity index (χ3v) is 4.50. The van der Waals surface area contributed by atoms with Gasteiger partial charge < -0.3 is 5.11 Å². The lowest BCUT2D eigenvalue weighted by Gasteiger charge is -2.35. The molecule has 0 saturated carbocycles. The molecule has 1 aromatic heterocycles. The average molecular weight is 286 g/mol. The van der Waals surface area contributed by atoms with Crippen LogP contribution in [0.25, 0.3) is 0 Å². The molecule has 19 heavy (non-hydrogen) atoms. The second kappa shape index (κ2) is 6.73. The van der Waals surface area contributed by atoms with Crippen LogP contribution in [-0.4, -0.2) is 39.0 Å². The van der Waals surface area contributed by atoms with Gasteiger partial charge in [0.2, 0.25) is 0 Å². The third-order valence-electron chi connectivity index (χ3n) is 4.07. The predicted octanol–water partition coefficient (Wildman–Crippen LogP) is 2.37. The van der Waals surface area contributed by atoms with Crippen LogP contribution in [0.1, 0.15) is 44.0 Å². The van der Waals surface area contributed by atoms with Crippen LogP contribution in [0.15, 0.2) is 0 Å². The molecule has 1 aromatic rings. The lowest BCUT2D eigenvalue weighted by atomic mass is 9.99. The highest BCUT2D eigenvalue weighted by atomic mass is 35.5. The van der Waals surface area contributed by atoms with Crippen molar-refractivity contribution in [1.29, 1.82) is 0 Å². The van der Waals surface area contributed by atoms with Crippen LogP contribution in [0.4, 0.5) is 0 Å². The Morgan fingerprint density at radius 1 is 1.42 bits per heavy atom. The Balaban J connectivity index is 2.12. The standard InChI is InChI=1S/C14H24ClN3O/c1-3-12-14(15)13(17(2)16-12)10-18-8-5-4-6-11(18)7-9-19/h11,19H,3-10H2,1-2H3. The molecule has 1 atom stereocenters. The van der Waals surface area contributed by atoms with E-state index in [2.05, 4.69) is 16.9 Å². The van der Waals surface area contributed by atoms with Crippen LogP contribution < -0.4 is 0 Å². The van der Waals surface area contributed by atoms with E-state index < -0.39 is 0 Å². The molecule has 1 unspecified atom stereocenters. The Hall–Kier alpha value is -0.580. The monoisotopic (exact) mass is 285 g/mol. The number of rotatable bonds is 5. The first kappa shape index (κ1) is 14.8. The summed E-state index contributed by atoms with van der Waals surface area (Å²) in [6, 6.07) is 0.481. The van der Waals surface area contributed by atoms with Crippen LogP contribution in [0.2, 0.25) is 5.02 Å². The van der Waals surface area contributed by atoms with E-state index in [0.29, 0.717) is 6.04 Å². The molecule has 1 N–H and O–H groups in total. The molecule has 0 aromatic carbocycles. The summed E-state index contributed by atoms with van der Waals surface area (Å²) in [5, 5.41) is 14.5. The molecule has 0 bridgehead atoms. The molecule has 4 nitrogen and oxygen atoms in total. The Labute approximate surface area is 120 Å². The topological polar surface area (TPSA) is 41.3 Å². The number of aliphatic hydroxyl groups is 1. The van der Waals surface area contributed by atoms with Gasteiger partial charge in [0.1, 0.15) is 0 Å². The molecule has 2 heterocycles. The lowest BCUT2D eigenvalue weighted by molar-refractivity contribution is 0.110. The van der Waals surface area contributed by atoms with E-state index in [1.165, 1.54) is 19.3 Å². The van der Waals surface area contributed by atoms with E-state index in [1.54, 1.807) is 0 Å². The van der Waals surface area contributed by atoms with Crippen molar-refractivity contribution in [2.75, 3.05) is 13.2 Å². The quantitative estimate of drug-likeness (QED) is 0.903. The van der Waals surface area contributed by atoms with Crippen LogP contribution in [0, 0.1) is 0 Å². The summed E-state index contributed by atoms with van der Waals surface area (Å²) in [5.74, 6) is 0. The van der Waals surface area contributed by atoms with Gasteiger partial charge in [-0.2, -0.15) is 5.10 Å². The third kappa shape index (κ3) is 3.30. The van der Waals surface area contributed by atoms with Crippen molar-refractivity contribution in [3.05, 3.63) is 16.4 Å². The summed E-state index contributed by atoms with van der Waals surface area (Å²) >= 11 is 6.41. The summed E-state index contributed by atoms with van der Waals surface area (Å²) < 4.78 is 1.91. The smallest absolute Gasteiger partial charge is 0.0863 e. The van der Waals surface area contributed by atoms with E-state index in [9.17, 15) is 5.11 Å². The SMILES string of the molecule is CCc1nn(C)c(CN2CCCCC2CCO)c1Cl. The van der Waals surface area contributed by atoms with Crippen molar-refractivity contribution < 1.29 is 5.11 Å². The van der Waals surface area contributed by atoms with Crippen molar-refractivity contribution in [1.82, 2.24) is 14.7 Å². The number of piperidine rings is 1. The van der Waals surface area contributed by atoms with Gasteiger partial charge in [-0.05, 0) is 32.2 Å². The molecule has 0 radical (unpaired) electrons. The minimum atomic E-state index is 0.264. The van der Waals surface area contributed by atoms with E-state index in [4.69, 9.17) is 11.6 Å². The van der Waals surface area contributed by atoms with Crippen LogP contribution in [0.3, 0.4) is 0 Å². The second-order valence-corrected chi connectivity index (χ2v) is 5.69. The lowest BCUT2D eigenvalue weighted by Crippen LogP contribution is -2.39. The summed E-state index contributed by atoms with van der Waals surface area (Å²) in [7, 11) is 1.96. The first-order chi connectivity index (χ1) is 9.17. The van der Waals surface area contributed by atoms with Crippen LogP contribution in [-0.2, 0) is 20.0 Å². The first-order valence-electron chi connectivity index (χ1n) is 7.22. The largest absolute Gasteiger partial charge is 0.396 e. The highest BCUT2D eigenvalue weighted by Gasteiger charge is 2.24. The predicted molar refractivity (Wildman–Crippen MR) is 77.3 cm³/mol. The number of hydrogen-bond donors (Lipinski definition) is 1. The zero-order chi connectivity index (χ0) is 13.8. The second-order valence-electron chi connectivity index (χ2n) is 5.32. The van der Waals surface area contributed by atoms with Crippen molar-refractivity contribution in [3.8, 4) is 0 Å². The van der Waals surface area contributed by atoms with Crippen molar-refractivity contribution in [2.45, 2.75) is 51.6 Å². The summed E-state index contributed by atoms with van der Waals surface area (Å²) in [5.41, 5.74) is 2.08. The molecule has 1 aliphatic heterocycles. The van der Waals surface area contributed by atoms with E-state index in [0.717, 1.165) is 42.3 Å². The first-order valence-corrected chi connectivity index (χ1v) is 7.60. The highest BCUT2D eigenvalue weighted by Crippen LogP contribution is 2.26. The number of likely N-dealkylation sites (tertiary alicyclic amines) is 1. The fourth-order valence-corrected chi connectivity index (χ4v) is 3.28. The van der Waals surface area contributed by atoms with Crippen molar-refractivity contribution in [3.63, 3.8) is 0 Å². The number of aromatic nitrogens is 2. The zero-order valence-corrected chi connectivity index (χ0v) is 12.7. The number of nitrogens with zero attached hydrogens (tertiary/aromatic N) is 3. The average Bonchev–Trinajstić information content (AvgIpc) is 2.68. The number of aliphatic hydroxyl groups excluding tert-OH is 1. The summed E-state index contributed by atoms with van der Waals surface area (Å²) in [4.78, 5) is 2.45. The van der Waals surface area contributed by atoms with Gasteiger partial charge in [0, 0.05) is 26.2 Å². The van der Waals surface area contributed by atoms with Crippen LogP contribution >= 0.6 is 11.6 Å². The van der Waals surface area contributed by atoms with Gasteiger partial charge in [-0.3, -0.25) is 9.58 Å². The molecular weight excluding hydrogens is 262 g/mol. The summed E-state index contributed by atoms with van der Waals surface area (Å²) in [6.45, 7) is 4.27. The molecule has 1 fully saturated rings. The van der Waals surface area contributed by atoms with Crippen molar-refractivity contribution >= 4 is 11.6 Å². The molecule has 0 spiro atoms. The van der Waals surface area contributed by atoms with Gasteiger partial charge in [0.05, 0.1) is 16.4 Å². The van der Waals surface area contributed by atoms with E-state index in [1.807, 2.05) is 11.7 Å². The normalized spacial score (nSPS) is 20.9. The minimum Gasteiger partial charge on any atom is -0.396 e. The molecule has 5 heteroatoms. The fraction of sp³-hybridized carbons (Fsp3) is 0.786. The van der Waals surface area contributed by atoms with Gasteiger partial charge in [0.15, 0.2) is 0 Å². The fourth-order valence-electron chi connectivity index (χ4n) is 2.93. The Morgan fingerprint density at radius 2 is 2.21 bits per heavy atom. The van der Waals surface area contributed by atoms with Crippen LogP contribution in [0.5, 0.6) is 0 Å². The molecule has 0 aliphatic carbocycles. The Bertz CT molecular complexity index is 417. The number of aryl methyl sites for hydroxylation is 2. The van der Waals surface area contributed by atoms with Gasteiger partial charge in [-0.25, -0.2) is 0 Å². The zero-order valence-electron chi connectivity index (χ0n) is 11.9. The Morgan fingerprint density at radius 3 is 2.84 bits per heavy atom. The van der Waals surface area contributed by atoms with Crippen molar-refractivity contribution in [2.24, 2.45) is 7.05 Å². The molecule has 1 saturated heterocycles. The number of hydrogen-bond acceptors (Lipinski definition) is 3. The maximum atomic E-state index is 9.18. The van der Waals surface area contributed by atoms with E-state index in [-0.39, 0.29) is 6.61 Å². The molecule has 108 valence electrons. The van der Waals surface area contributed by atoms with Gasteiger partial charge in [-0.1, -0.05) is 24.9 Å². The maximum Gasteiger partial charge on any atom is 0.0863 e. The van der Waals surface area contributed by atoms with E-state index >= 15 is 0 Å². The molecular formula is C14H24ClN3O. The molecule has 0 amide bonds. The molecule has 1 aliphatic rings. The van der Waals surface area contributed by atoms with Gasteiger partial charge in [-0.15, -0.1) is 0 Å². The minimum absolute atomic E-state index is 0.264. The summed E-state index contributed by atoms with van der Waals surface area (Å²) in [6.07, 6.45) is 5.40. The molecule has 2 rings (SSSR count). The maximum absolute atomic E-state index is 9.18. The number of halogens is 1. The van der Waals surface area contributed by atoms with Gasteiger partial charge in [0.25, 0.3) is 0 Å². The van der Waals surface area contributed by atoms with Gasteiger partial charge >= 0.3 is 0 Å². The highest BCUT2D eigenvalue weighted by molar-refractivity contribution is 6.31.